The highest BCUT2D eigenvalue weighted by Crippen LogP contribution is 2.12. The molecule has 1 N–H and O–H groups in total. The van der Waals surface area contributed by atoms with Gasteiger partial charge in [-0.25, -0.2) is 0 Å². The van der Waals surface area contributed by atoms with E-state index < -0.39 is 0 Å². The third-order valence-electron chi connectivity index (χ3n) is 1.43. The Morgan fingerprint density at radius 3 is 2.92 bits per heavy atom. The maximum Gasteiger partial charge on any atom is 0.235 e. The Morgan fingerprint density at radius 1 is 1.77 bits per heavy atom. The van der Waals surface area contributed by atoms with Crippen LogP contribution in [0.2, 0.25) is 5.02 Å². The molecule has 0 radical (unpaired) electrons. The highest BCUT2D eigenvalue weighted by molar-refractivity contribution is 6.31. The van der Waals surface area contributed by atoms with Crippen molar-refractivity contribution in [3.8, 4) is 0 Å². The second kappa shape index (κ2) is 4.48. The van der Waals surface area contributed by atoms with Crippen molar-refractivity contribution in [2.75, 3.05) is 5.88 Å². The van der Waals surface area contributed by atoms with Crippen LogP contribution in [0.3, 0.4) is 0 Å². The van der Waals surface area contributed by atoms with E-state index in [1.807, 2.05) is 0 Å². The van der Waals surface area contributed by atoms with E-state index in [-0.39, 0.29) is 11.8 Å². The number of rotatable bonds is 3. The van der Waals surface area contributed by atoms with E-state index in [1.54, 1.807) is 17.9 Å². The quantitative estimate of drug-likeness (QED) is 0.773. The van der Waals surface area contributed by atoms with Crippen molar-refractivity contribution in [2.24, 2.45) is 7.05 Å². The minimum atomic E-state index is -0.233. The van der Waals surface area contributed by atoms with Gasteiger partial charge in [-0.1, -0.05) is 11.6 Å². The molecule has 0 aliphatic rings. The van der Waals surface area contributed by atoms with Gasteiger partial charge in [0.2, 0.25) is 5.91 Å². The van der Waals surface area contributed by atoms with Crippen LogP contribution >= 0.6 is 23.2 Å². The summed E-state index contributed by atoms with van der Waals surface area (Å²) in [5.41, 5.74) is 0.641. The predicted octanol–water partition coefficient (Wildman–Crippen LogP) is 0.928. The smallest absolute Gasteiger partial charge is 0.235 e. The van der Waals surface area contributed by atoms with Gasteiger partial charge >= 0.3 is 0 Å². The number of aryl methyl sites for hydroxylation is 1. The first-order chi connectivity index (χ1) is 6.13. The van der Waals surface area contributed by atoms with Crippen LogP contribution in [0, 0.1) is 0 Å². The number of hydrogen-bond acceptors (Lipinski definition) is 2. The van der Waals surface area contributed by atoms with Crippen molar-refractivity contribution >= 4 is 29.1 Å². The molecule has 6 heteroatoms. The van der Waals surface area contributed by atoms with Gasteiger partial charge in [0.15, 0.2) is 0 Å². The Labute approximate surface area is 85.8 Å². The van der Waals surface area contributed by atoms with E-state index in [9.17, 15) is 4.79 Å². The van der Waals surface area contributed by atoms with Crippen LogP contribution in [-0.2, 0) is 18.4 Å². The average Bonchev–Trinajstić information content (AvgIpc) is 2.41. The molecule has 1 rings (SSSR count). The average molecular weight is 222 g/mol. The van der Waals surface area contributed by atoms with Crippen molar-refractivity contribution in [2.45, 2.75) is 6.54 Å². The van der Waals surface area contributed by atoms with E-state index in [0.29, 0.717) is 17.3 Å². The molecule has 0 bridgehead atoms. The van der Waals surface area contributed by atoms with Crippen LogP contribution in [0.4, 0.5) is 0 Å². The topological polar surface area (TPSA) is 46.9 Å². The number of amides is 1. The Bertz CT molecular complexity index is 311. The largest absolute Gasteiger partial charge is 0.349 e. The molecule has 0 fully saturated rings. The first-order valence-electron chi connectivity index (χ1n) is 3.64. The number of hydrogen-bond donors (Lipinski definition) is 1. The third kappa shape index (κ3) is 2.90. The maximum absolute atomic E-state index is 10.8. The lowest BCUT2D eigenvalue weighted by molar-refractivity contribution is -0.118. The van der Waals surface area contributed by atoms with E-state index in [0.717, 1.165) is 0 Å². The van der Waals surface area contributed by atoms with Crippen LogP contribution < -0.4 is 5.32 Å². The Kier molecular flexibility index (Phi) is 3.57. The summed E-state index contributed by atoms with van der Waals surface area (Å²) in [5.74, 6) is -0.284. The molecule has 0 saturated carbocycles. The Morgan fingerprint density at radius 2 is 2.46 bits per heavy atom. The second-order valence-electron chi connectivity index (χ2n) is 2.51. The van der Waals surface area contributed by atoms with Gasteiger partial charge in [-0.3, -0.25) is 9.48 Å². The van der Waals surface area contributed by atoms with Gasteiger partial charge in [0.1, 0.15) is 11.6 Å². The highest BCUT2D eigenvalue weighted by Gasteiger charge is 2.06. The van der Waals surface area contributed by atoms with Crippen LogP contribution in [0.25, 0.3) is 0 Å². The monoisotopic (exact) mass is 221 g/mol. The molecule has 72 valence electrons. The molecule has 1 aromatic rings. The summed E-state index contributed by atoms with van der Waals surface area (Å²) in [6.07, 6.45) is 1.67. The molecule has 0 spiro atoms. The van der Waals surface area contributed by atoms with E-state index in [4.69, 9.17) is 23.2 Å². The fourth-order valence-electron chi connectivity index (χ4n) is 0.855. The fraction of sp³-hybridized carbons (Fsp3) is 0.429. The minimum absolute atomic E-state index is 0.0511. The van der Waals surface area contributed by atoms with Gasteiger partial charge in [-0.15, -0.1) is 11.6 Å². The van der Waals surface area contributed by atoms with Crippen molar-refractivity contribution in [1.29, 1.82) is 0 Å². The Hall–Kier alpha value is -0.740. The first-order valence-corrected chi connectivity index (χ1v) is 4.55. The number of alkyl halides is 1. The standard InChI is InChI=1S/C7H9Cl2N3O/c1-12-4-5(9)6(11-12)3-10-7(13)2-8/h4H,2-3H2,1H3,(H,10,13). The number of halogens is 2. The van der Waals surface area contributed by atoms with Crippen molar-refractivity contribution in [3.05, 3.63) is 16.9 Å². The summed E-state index contributed by atoms with van der Waals surface area (Å²) in [5, 5.41) is 7.15. The van der Waals surface area contributed by atoms with Crippen LogP contribution in [0.5, 0.6) is 0 Å². The summed E-state index contributed by atoms with van der Waals surface area (Å²) in [6.45, 7) is 0.311. The lowest BCUT2D eigenvalue weighted by Gasteiger charge is -1.99. The van der Waals surface area contributed by atoms with Gasteiger partial charge in [0.25, 0.3) is 0 Å². The number of aromatic nitrogens is 2. The zero-order valence-electron chi connectivity index (χ0n) is 7.05. The van der Waals surface area contributed by atoms with Gasteiger partial charge in [0.05, 0.1) is 11.6 Å². The summed E-state index contributed by atoms with van der Waals surface area (Å²) in [6, 6.07) is 0. The summed E-state index contributed by atoms with van der Waals surface area (Å²) in [7, 11) is 1.76. The highest BCUT2D eigenvalue weighted by atomic mass is 35.5. The van der Waals surface area contributed by atoms with Gasteiger partial charge in [-0.05, 0) is 0 Å². The second-order valence-corrected chi connectivity index (χ2v) is 3.18. The van der Waals surface area contributed by atoms with Crippen molar-refractivity contribution < 1.29 is 4.79 Å². The summed E-state index contributed by atoms with van der Waals surface area (Å²) in [4.78, 5) is 10.8. The van der Waals surface area contributed by atoms with Crippen molar-refractivity contribution in [3.63, 3.8) is 0 Å². The number of nitrogens with one attached hydrogen (secondary N) is 1. The molecular weight excluding hydrogens is 213 g/mol. The van der Waals surface area contributed by atoms with Gasteiger partial charge < -0.3 is 5.32 Å². The van der Waals surface area contributed by atoms with Crippen LogP contribution in [0.1, 0.15) is 5.69 Å². The van der Waals surface area contributed by atoms with Crippen molar-refractivity contribution in [1.82, 2.24) is 15.1 Å². The molecule has 0 unspecified atom stereocenters. The van der Waals surface area contributed by atoms with Crippen LogP contribution in [-0.4, -0.2) is 21.6 Å². The predicted molar refractivity (Wildman–Crippen MR) is 50.8 cm³/mol. The lowest BCUT2D eigenvalue weighted by Crippen LogP contribution is -2.24. The zero-order valence-corrected chi connectivity index (χ0v) is 8.56. The summed E-state index contributed by atoms with van der Waals surface area (Å²) < 4.78 is 1.59. The molecule has 0 aromatic carbocycles. The fourth-order valence-corrected chi connectivity index (χ4v) is 1.20. The van der Waals surface area contributed by atoms with Crippen LogP contribution in [0.15, 0.2) is 6.20 Å². The van der Waals surface area contributed by atoms with Gasteiger partial charge in [0, 0.05) is 13.2 Å². The molecule has 0 saturated heterocycles. The molecule has 13 heavy (non-hydrogen) atoms. The molecular formula is C7H9Cl2N3O. The molecule has 1 aromatic heterocycles. The number of carbonyl (C=O) groups is 1. The minimum Gasteiger partial charge on any atom is -0.349 e. The molecule has 0 aliphatic carbocycles. The van der Waals surface area contributed by atoms with Gasteiger partial charge in [-0.2, -0.15) is 5.10 Å². The third-order valence-corrected chi connectivity index (χ3v) is 1.99. The van der Waals surface area contributed by atoms with E-state index in [1.165, 1.54) is 0 Å². The maximum atomic E-state index is 10.8. The SMILES string of the molecule is Cn1cc(Cl)c(CNC(=O)CCl)n1. The van der Waals surface area contributed by atoms with E-state index in [2.05, 4.69) is 10.4 Å². The molecule has 1 amide bonds. The summed E-state index contributed by atoms with van der Waals surface area (Å²) >= 11 is 11.1. The molecule has 1 heterocycles. The number of nitrogens with zero attached hydrogens (tertiary/aromatic N) is 2. The zero-order chi connectivity index (χ0) is 9.84. The first kappa shape index (κ1) is 10.3. The molecule has 4 nitrogen and oxygen atoms in total. The lowest BCUT2D eigenvalue weighted by atomic mass is 10.4. The molecule has 0 atom stereocenters. The number of carbonyl (C=O) groups excluding carboxylic acids is 1. The Balaban J connectivity index is 2.54. The van der Waals surface area contributed by atoms with E-state index >= 15 is 0 Å². The normalized spacial score (nSPS) is 10.1. The molecule has 0 aliphatic heterocycles.